The maximum absolute atomic E-state index is 11.1. The van der Waals surface area contributed by atoms with Crippen LogP contribution in [0.2, 0.25) is 10.3 Å². The number of carbonyl (C=O) groups is 1. The van der Waals surface area contributed by atoms with Crippen LogP contribution >= 0.6 is 23.2 Å². The first kappa shape index (κ1) is 9.29. The minimum Gasteiger partial charge on any atom is -0.355 e. The molecule has 1 aromatic rings. The molecule has 0 atom stereocenters. The second kappa shape index (κ2) is 3.74. The Balaban J connectivity index is 3.08. The smallest absolute Gasteiger partial charge is 0.251 e. The molecule has 5 heteroatoms. The molecule has 1 rings (SSSR count). The zero-order valence-corrected chi connectivity index (χ0v) is 7.78. The predicted molar refractivity (Wildman–Crippen MR) is 47.6 cm³/mol. The summed E-state index contributed by atoms with van der Waals surface area (Å²) in [6.45, 7) is 0. The van der Waals surface area contributed by atoms with Crippen LogP contribution in [0.4, 0.5) is 0 Å². The molecule has 0 radical (unpaired) electrons. The molecule has 0 aliphatic rings. The molecule has 1 aromatic heterocycles. The van der Waals surface area contributed by atoms with E-state index in [1.165, 1.54) is 19.2 Å². The van der Waals surface area contributed by atoms with E-state index in [9.17, 15) is 4.79 Å². The van der Waals surface area contributed by atoms with E-state index in [0.717, 1.165) is 0 Å². The van der Waals surface area contributed by atoms with Gasteiger partial charge in [0, 0.05) is 12.6 Å². The number of aromatic nitrogens is 1. The largest absolute Gasteiger partial charge is 0.355 e. The summed E-state index contributed by atoms with van der Waals surface area (Å²) >= 11 is 11.2. The first-order chi connectivity index (χ1) is 5.63. The molecule has 1 N–H and O–H groups in total. The van der Waals surface area contributed by atoms with Gasteiger partial charge in [0.1, 0.15) is 10.3 Å². The van der Waals surface area contributed by atoms with Gasteiger partial charge in [-0.25, -0.2) is 4.98 Å². The summed E-state index contributed by atoms with van der Waals surface area (Å²) in [5.41, 5.74) is 0.405. The molecule has 1 heterocycles. The van der Waals surface area contributed by atoms with Crippen molar-refractivity contribution in [2.24, 2.45) is 0 Å². The van der Waals surface area contributed by atoms with E-state index in [1.807, 2.05) is 0 Å². The summed E-state index contributed by atoms with van der Waals surface area (Å²) in [5.74, 6) is -0.235. The van der Waals surface area contributed by atoms with Crippen LogP contribution in [0.25, 0.3) is 0 Å². The van der Waals surface area contributed by atoms with E-state index in [1.54, 1.807) is 0 Å². The van der Waals surface area contributed by atoms with Gasteiger partial charge in [0.2, 0.25) is 0 Å². The summed E-state index contributed by atoms with van der Waals surface area (Å²) in [4.78, 5) is 14.8. The highest BCUT2D eigenvalue weighted by Gasteiger charge is 2.05. The average molecular weight is 205 g/mol. The Morgan fingerprint density at radius 2 is 1.92 bits per heavy atom. The van der Waals surface area contributed by atoms with Gasteiger partial charge >= 0.3 is 0 Å². The third kappa shape index (κ3) is 2.09. The summed E-state index contributed by atoms with van der Waals surface area (Å²) in [6.07, 6.45) is 0. The van der Waals surface area contributed by atoms with Crippen LogP contribution in [0.5, 0.6) is 0 Å². The van der Waals surface area contributed by atoms with Gasteiger partial charge in [-0.2, -0.15) is 0 Å². The van der Waals surface area contributed by atoms with Crippen molar-refractivity contribution in [1.82, 2.24) is 10.3 Å². The van der Waals surface area contributed by atoms with Crippen LogP contribution in [-0.2, 0) is 0 Å². The molecule has 3 nitrogen and oxygen atoms in total. The van der Waals surface area contributed by atoms with Gasteiger partial charge in [0.15, 0.2) is 0 Å². The average Bonchev–Trinajstić information content (AvgIpc) is 2.01. The molecular formula is C7H6Cl2N2O. The minimum atomic E-state index is -0.235. The lowest BCUT2D eigenvalue weighted by molar-refractivity contribution is 0.0963. The second-order valence-corrected chi connectivity index (χ2v) is 2.85. The molecule has 0 unspecified atom stereocenters. The number of hydrogen-bond acceptors (Lipinski definition) is 2. The molecule has 0 saturated carbocycles. The molecule has 0 bridgehead atoms. The highest BCUT2D eigenvalue weighted by Crippen LogP contribution is 2.14. The number of rotatable bonds is 1. The quantitative estimate of drug-likeness (QED) is 0.709. The second-order valence-electron chi connectivity index (χ2n) is 2.08. The SMILES string of the molecule is CNC(=O)c1cc(Cl)nc(Cl)c1. The molecule has 0 fully saturated rings. The van der Waals surface area contributed by atoms with Gasteiger partial charge < -0.3 is 5.32 Å². The lowest BCUT2D eigenvalue weighted by Gasteiger charge is -1.99. The molecule has 64 valence electrons. The first-order valence-corrected chi connectivity index (χ1v) is 3.94. The molecule has 0 saturated heterocycles. The van der Waals surface area contributed by atoms with Crippen molar-refractivity contribution in [3.8, 4) is 0 Å². The van der Waals surface area contributed by atoms with E-state index in [2.05, 4.69) is 10.3 Å². The van der Waals surface area contributed by atoms with E-state index in [4.69, 9.17) is 23.2 Å². The maximum Gasteiger partial charge on any atom is 0.251 e. The number of pyridine rings is 1. The van der Waals surface area contributed by atoms with Crippen molar-refractivity contribution < 1.29 is 4.79 Å². The van der Waals surface area contributed by atoms with Crippen LogP contribution in [0.3, 0.4) is 0 Å². The fourth-order valence-corrected chi connectivity index (χ4v) is 1.20. The molecule has 12 heavy (non-hydrogen) atoms. The standard InChI is InChI=1S/C7H6Cl2N2O/c1-10-7(12)4-2-5(8)11-6(9)3-4/h2-3H,1H3,(H,10,12). The Morgan fingerprint density at radius 1 is 1.42 bits per heavy atom. The normalized spacial score (nSPS) is 9.58. The number of nitrogens with one attached hydrogen (secondary N) is 1. The van der Waals surface area contributed by atoms with Gasteiger partial charge in [0.25, 0.3) is 5.91 Å². The van der Waals surface area contributed by atoms with Gasteiger partial charge in [0.05, 0.1) is 0 Å². The van der Waals surface area contributed by atoms with E-state index < -0.39 is 0 Å². The fourth-order valence-electron chi connectivity index (χ4n) is 0.740. The van der Waals surface area contributed by atoms with E-state index in [0.29, 0.717) is 5.56 Å². The Labute approximate surface area is 79.7 Å². The van der Waals surface area contributed by atoms with Gasteiger partial charge in [-0.05, 0) is 12.1 Å². The molecular weight excluding hydrogens is 199 g/mol. The van der Waals surface area contributed by atoms with Crippen molar-refractivity contribution in [3.63, 3.8) is 0 Å². The Kier molecular flexibility index (Phi) is 2.89. The Hall–Kier alpha value is -0.800. The third-order valence-electron chi connectivity index (χ3n) is 1.25. The summed E-state index contributed by atoms with van der Waals surface area (Å²) in [7, 11) is 1.53. The predicted octanol–water partition coefficient (Wildman–Crippen LogP) is 1.75. The summed E-state index contributed by atoms with van der Waals surface area (Å²) in [5, 5.41) is 2.87. The number of nitrogens with zero attached hydrogens (tertiary/aromatic N) is 1. The van der Waals surface area contributed by atoms with Crippen molar-refractivity contribution in [2.45, 2.75) is 0 Å². The number of hydrogen-bond donors (Lipinski definition) is 1. The van der Waals surface area contributed by atoms with Crippen LogP contribution in [-0.4, -0.2) is 17.9 Å². The highest BCUT2D eigenvalue weighted by atomic mass is 35.5. The van der Waals surface area contributed by atoms with Gasteiger partial charge in [-0.3, -0.25) is 4.79 Å². The monoisotopic (exact) mass is 204 g/mol. The van der Waals surface area contributed by atoms with Crippen LogP contribution < -0.4 is 5.32 Å². The number of amides is 1. The van der Waals surface area contributed by atoms with Crippen LogP contribution in [0.1, 0.15) is 10.4 Å². The maximum atomic E-state index is 11.1. The lowest BCUT2D eigenvalue weighted by Crippen LogP contribution is -2.17. The van der Waals surface area contributed by atoms with Crippen molar-refractivity contribution in [3.05, 3.63) is 28.0 Å². The van der Waals surface area contributed by atoms with Gasteiger partial charge in [-0.15, -0.1) is 0 Å². The van der Waals surface area contributed by atoms with Crippen molar-refractivity contribution in [1.29, 1.82) is 0 Å². The topological polar surface area (TPSA) is 42.0 Å². The zero-order chi connectivity index (χ0) is 9.14. The third-order valence-corrected chi connectivity index (χ3v) is 1.64. The first-order valence-electron chi connectivity index (χ1n) is 3.18. The number of halogens is 2. The number of carbonyl (C=O) groups excluding carboxylic acids is 1. The van der Waals surface area contributed by atoms with Crippen molar-refractivity contribution >= 4 is 29.1 Å². The highest BCUT2D eigenvalue weighted by molar-refractivity contribution is 6.33. The summed E-state index contributed by atoms with van der Waals surface area (Å²) < 4.78 is 0. The molecule has 1 amide bonds. The molecule has 0 aliphatic carbocycles. The lowest BCUT2D eigenvalue weighted by atomic mass is 10.2. The van der Waals surface area contributed by atoms with Crippen molar-refractivity contribution in [2.75, 3.05) is 7.05 Å². The minimum absolute atomic E-state index is 0.209. The summed E-state index contributed by atoms with van der Waals surface area (Å²) in [6, 6.07) is 2.90. The Bertz CT molecular complexity index is 294. The van der Waals surface area contributed by atoms with Gasteiger partial charge in [-0.1, -0.05) is 23.2 Å². The molecule has 0 aliphatic heterocycles. The van der Waals surface area contributed by atoms with Crippen LogP contribution in [0.15, 0.2) is 12.1 Å². The molecule has 0 spiro atoms. The molecule has 0 aromatic carbocycles. The Morgan fingerprint density at radius 3 is 2.33 bits per heavy atom. The van der Waals surface area contributed by atoms with E-state index >= 15 is 0 Å². The van der Waals surface area contributed by atoms with E-state index in [-0.39, 0.29) is 16.2 Å². The van der Waals surface area contributed by atoms with Crippen LogP contribution in [0, 0.1) is 0 Å². The zero-order valence-electron chi connectivity index (χ0n) is 6.27. The fraction of sp³-hybridized carbons (Fsp3) is 0.143.